The van der Waals surface area contributed by atoms with Gasteiger partial charge in [-0.25, -0.2) is 23.5 Å². The van der Waals surface area contributed by atoms with Crippen molar-refractivity contribution in [1.82, 2.24) is 14.5 Å². The molecule has 1 aliphatic rings. The molecule has 4 unspecified atom stereocenters. The van der Waals surface area contributed by atoms with Crippen LogP contribution in [-0.4, -0.2) is 69.2 Å². The predicted molar refractivity (Wildman–Crippen MR) is 96.2 cm³/mol. The van der Waals surface area contributed by atoms with Crippen molar-refractivity contribution in [3.63, 3.8) is 0 Å². The van der Waals surface area contributed by atoms with E-state index in [-0.39, 0.29) is 11.2 Å². The largest absolute Gasteiger partial charge is 0.490 e. The number of fused-ring (bicyclic) bond motifs is 1. The number of phosphoric acid groups is 3. The third-order valence-electron chi connectivity index (χ3n) is 3.80. The minimum atomic E-state index is -5.74. The van der Waals surface area contributed by atoms with Crippen molar-refractivity contribution < 1.29 is 65.8 Å². The summed E-state index contributed by atoms with van der Waals surface area (Å²) in [5.74, 6) is 0. The standard InChI is InChI=1S/C10H15N4O15P3/c11-10-13-7-4(9(17)27-10)12-2-14(7)8-6(16)5(15)3(26-8)1-25-31(21,22)29-32(23,24)28-30(18,19)20/h2-3,5-6,8,15-16H,1H2,(H2,11,13)(H,21,22)(H,23,24)(H2,18,19,20)/t3-,5?,6?,8-/m1/s1. The van der Waals surface area contributed by atoms with Crippen LogP contribution in [0, 0.1) is 0 Å². The number of anilines is 1. The average Bonchev–Trinajstić information content (AvgIpc) is 3.12. The molecule has 3 heterocycles. The van der Waals surface area contributed by atoms with Gasteiger partial charge in [0.15, 0.2) is 17.4 Å². The molecule has 8 N–H and O–H groups in total. The van der Waals surface area contributed by atoms with Crippen molar-refractivity contribution in [3.8, 4) is 0 Å². The molecule has 180 valence electrons. The second kappa shape index (κ2) is 8.66. The summed E-state index contributed by atoms with van der Waals surface area (Å²) in [6.45, 7) is -1.03. The zero-order valence-electron chi connectivity index (χ0n) is 15.2. The maximum Gasteiger partial charge on any atom is 0.490 e. The van der Waals surface area contributed by atoms with E-state index in [2.05, 4.69) is 27.5 Å². The minimum Gasteiger partial charge on any atom is -0.388 e. The number of aliphatic hydroxyl groups excluding tert-OH is 2. The fourth-order valence-electron chi connectivity index (χ4n) is 2.63. The smallest absolute Gasteiger partial charge is 0.388 e. The molecule has 0 spiro atoms. The molecule has 1 aliphatic heterocycles. The summed E-state index contributed by atoms with van der Waals surface area (Å²) < 4.78 is 56.1. The van der Waals surface area contributed by atoms with Gasteiger partial charge in [0.2, 0.25) is 0 Å². The van der Waals surface area contributed by atoms with Gasteiger partial charge in [0, 0.05) is 0 Å². The highest BCUT2D eigenvalue weighted by Gasteiger charge is 2.47. The maximum absolute atomic E-state index is 11.8. The van der Waals surface area contributed by atoms with Crippen molar-refractivity contribution in [2.75, 3.05) is 12.3 Å². The second-order valence-electron chi connectivity index (χ2n) is 6.10. The Morgan fingerprint density at radius 3 is 2.38 bits per heavy atom. The molecule has 3 rings (SSSR count). The molecule has 1 fully saturated rings. The van der Waals surface area contributed by atoms with Gasteiger partial charge in [-0.15, -0.1) is 0 Å². The molecule has 0 aliphatic carbocycles. The number of phosphoric ester groups is 1. The molecule has 2 aromatic heterocycles. The number of imidazole rings is 1. The fourth-order valence-corrected chi connectivity index (χ4v) is 5.66. The van der Waals surface area contributed by atoms with Gasteiger partial charge in [0.1, 0.15) is 18.3 Å². The molecule has 22 heteroatoms. The van der Waals surface area contributed by atoms with E-state index in [1.807, 2.05) is 0 Å². The number of nitrogen functional groups attached to an aromatic ring is 1. The maximum atomic E-state index is 11.8. The van der Waals surface area contributed by atoms with Gasteiger partial charge < -0.3 is 44.7 Å². The Bertz CT molecular complexity index is 1210. The minimum absolute atomic E-state index is 0.177. The Morgan fingerprint density at radius 2 is 1.75 bits per heavy atom. The third-order valence-corrected chi connectivity index (χ3v) is 7.61. The van der Waals surface area contributed by atoms with E-state index in [4.69, 9.17) is 25.2 Å². The Balaban J connectivity index is 1.72. The molecule has 0 bridgehead atoms. The molecule has 0 saturated carbocycles. The van der Waals surface area contributed by atoms with Crippen LogP contribution in [0.1, 0.15) is 6.23 Å². The van der Waals surface area contributed by atoms with Crippen LogP contribution in [0.4, 0.5) is 6.01 Å². The zero-order chi connectivity index (χ0) is 24.1. The number of ether oxygens (including phenoxy) is 1. The van der Waals surface area contributed by atoms with Crippen LogP contribution >= 0.6 is 23.5 Å². The van der Waals surface area contributed by atoms with Crippen LogP contribution in [0.3, 0.4) is 0 Å². The van der Waals surface area contributed by atoms with E-state index < -0.39 is 66.3 Å². The van der Waals surface area contributed by atoms with Crippen LogP contribution in [0.25, 0.3) is 11.2 Å². The number of rotatable bonds is 8. The van der Waals surface area contributed by atoms with Gasteiger partial charge in [-0.05, 0) is 0 Å². The van der Waals surface area contributed by atoms with Gasteiger partial charge >= 0.3 is 29.1 Å². The summed E-state index contributed by atoms with van der Waals surface area (Å²) in [5, 5.41) is 20.4. The first kappa shape index (κ1) is 25.1. The number of hydrogen-bond donors (Lipinski definition) is 7. The number of aromatic nitrogens is 3. The van der Waals surface area contributed by atoms with E-state index in [0.29, 0.717) is 0 Å². The summed E-state index contributed by atoms with van der Waals surface area (Å²) >= 11 is 0. The van der Waals surface area contributed by atoms with Crippen molar-refractivity contribution >= 4 is 40.6 Å². The molecule has 6 atom stereocenters. The van der Waals surface area contributed by atoms with E-state index in [1.165, 1.54) is 0 Å². The van der Waals surface area contributed by atoms with Gasteiger partial charge in [-0.1, -0.05) is 0 Å². The first-order valence-electron chi connectivity index (χ1n) is 8.02. The molecule has 0 radical (unpaired) electrons. The van der Waals surface area contributed by atoms with Crippen molar-refractivity contribution in [3.05, 3.63) is 16.7 Å². The monoisotopic (exact) mass is 524 g/mol. The van der Waals surface area contributed by atoms with Crippen LogP contribution in [0.5, 0.6) is 0 Å². The highest BCUT2D eigenvalue weighted by molar-refractivity contribution is 7.66. The first-order valence-corrected chi connectivity index (χ1v) is 12.5. The number of aliphatic hydroxyl groups is 2. The summed E-state index contributed by atoms with van der Waals surface area (Å²) in [5.41, 5.74) is 3.96. The van der Waals surface area contributed by atoms with Crippen LogP contribution in [0.15, 0.2) is 15.5 Å². The Hall–Kier alpha value is -1.56. The van der Waals surface area contributed by atoms with Gasteiger partial charge in [-0.2, -0.15) is 13.6 Å². The van der Waals surface area contributed by atoms with Crippen molar-refractivity contribution in [1.29, 1.82) is 0 Å². The normalized spacial score (nSPS) is 27.9. The molecule has 19 nitrogen and oxygen atoms in total. The topological polar surface area (TPSA) is 296 Å². The lowest BCUT2D eigenvalue weighted by Gasteiger charge is -2.19. The van der Waals surface area contributed by atoms with E-state index in [1.54, 1.807) is 0 Å². The lowest BCUT2D eigenvalue weighted by molar-refractivity contribution is -0.0503. The first-order chi connectivity index (χ1) is 14.6. The van der Waals surface area contributed by atoms with Gasteiger partial charge in [0.25, 0.3) is 6.01 Å². The fraction of sp³-hybridized carbons (Fsp3) is 0.500. The molecule has 1 saturated heterocycles. The zero-order valence-corrected chi connectivity index (χ0v) is 17.9. The van der Waals surface area contributed by atoms with Gasteiger partial charge in [0.05, 0.1) is 12.9 Å². The summed E-state index contributed by atoms with van der Waals surface area (Å²) in [6, 6.07) is -0.526. The average molecular weight is 524 g/mol. The van der Waals surface area contributed by atoms with Gasteiger partial charge in [-0.3, -0.25) is 9.09 Å². The molecule has 0 aromatic carbocycles. The lowest BCUT2D eigenvalue weighted by Crippen LogP contribution is -2.33. The molecule has 0 amide bonds. The lowest BCUT2D eigenvalue weighted by atomic mass is 10.1. The van der Waals surface area contributed by atoms with Crippen LogP contribution in [-0.2, 0) is 31.6 Å². The highest BCUT2D eigenvalue weighted by atomic mass is 31.3. The van der Waals surface area contributed by atoms with Crippen LogP contribution < -0.4 is 11.4 Å². The Kier molecular flexibility index (Phi) is 6.78. The Morgan fingerprint density at radius 1 is 1.09 bits per heavy atom. The molecule has 32 heavy (non-hydrogen) atoms. The molecular formula is C10H15N4O15P3. The van der Waals surface area contributed by atoms with Crippen molar-refractivity contribution in [2.24, 2.45) is 0 Å². The van der Waals surface area contributed by atoms with Crippen molar-refractivity contribution in [2.45, 2.75) is 24.5 Å². The SMILES string of the molecule is Nc1nc2c(ncn2[C@@H]2O[C@H](COP(=O)(O)OP(=O)(O)OP(=O)(O)O)C(O)C2O)c(=O)o1. The number of nitrogens with zero attached hydrogens (tertiary/aromatic N) is 3. The summed E-state index contributed by atoms with van der Waals surface area (Å²) in [6.07, 6.45) is -5.45. The van der Waals surface area contributed by atoms with E-state index in [9.17, 15) is 33.6 Å². The molecule has 2 aromatic rings. The molecular weight excluding hydrogens is 509 g/mol. The van der Waals surface area contributed by atoms with E-state index in [0.717, 1.165) is 10.9 Å². The summed E-state index contributed by atoms with van der Waals surface area (Å²) in [4.78, 5) is 54.8. The quantitative estimate of drug-likeness (QED) is 0.182. The van der Waals surface area contributed by atoms with E-state index >= 15 is 0 Å². The highest BCUT2D eigenvalue weighted by Crippen LogP contribution is 2.66. The summed E-state index contributed by atoms with van der Waals surface area (Å²) in [7, 11) is -16.8. The number of nitrogens with two attached hydrogens (primary N) is 1. The predicted octanol–water partition coefficient (Wildman–Crippen LogP) is -2.07. The van der Waals surface area contributed by atoms with Crippen LogP contribution in [0.2, 0.25) is 0 Å². The Labute approximate surface area is 175 Å². The second-order valence-corrected chi connectivity index (χ2v) is 10.5. The number of hydrogen-bond acceptors (Lipinski definition) is 14. The third kappa shape index (κ3) is 5.67.